The predicted molar refractivity (Wildman–Crippen MR) is 83.5 cm³/mol. The summed E-state index contributed by atoms with van der Waals surface area (Å²) in [6.07, 6.45) is 4.89. The molecule has 21 heavy (non-hydrogen) atoms. The summed E-state index contributed by atoms with van der Waals surface area (Å²) in [7, 11) is 0. The quantitative estimate of drug-likeness (QED) is 0.852. The molecule has 1 atom stereocenters. The third-order valence-corrected chi connectivity index (χ3v) is 4.91. The van der Waals surface area contributed by atoms with Crippen LogP contribution in [0.15, 0.2) is 23.7 Å². The summed E-state index contributed by atoms with van der Waals surface area (Å²) in [6, 6.07) is 3.87. The zero-order chi connectivity index (χ0) is 14.8. The van der Waals surface area contributed by atoms with Gasteiger partial charge in [-0.25, -0.2) is 4.98 Å². The number of aromatic nitrogens is 2. The van der Waals surface area contributed by atoms with Crippen molar-refractivity contribution in [3.63, 3.8) is 0 Å². The Bertz CT molecular complexity index is 635. The molecular weight excluding hydrogens is 282 g/mol. The monoisotopic (exact) mass is 301 g/mol. The van der Waals surface area contributed by atoms with Crippen molar-refractivity contribution in [1.29, 1.82) is 0 Å². The van der Waals surface area contributed by atoms with Crippen molar-refractivity contribution in [3.8, 4) is 0 Å². The van der Waals surface area contributed by atoms with E-state index >= 15 is 0 Å². The molecule has 0 aliphatic carbocycles. The molecule has 3 rings (SSSR count). The first-order valence-corrected chi connectivity index (χ1v) is 8.19. The zero-order valence-corrected chi connectivity index (χ0v) is 13.2. The fourth-order valence-corrected chi connectivity index (χ4v) is 3.66. The summed E-state index contributed by atoms with van der Waals surface area (Å²) >= 11 is 1.65. The lowest BCUT2D eigenvalue weighted by atomic mass is 10.0. The number of hydrogen-bond acceptors (Lipinski definition) is 4. The van der Waals surface area contributed by atoms with Gasteiger partial charge in [0.1, 0.15) is 5.01 Å². The molecule has 5 heteroatoms. The summed E-state index contributed by atoms with van der Waals surface area (Å²) in [5.74, 6) is 0.0695. The number of hydrogen-bond donors (Lipinski definition) is 0. The lowest BCUT2D eigenvalue weighted by molar-refractivity contribution is 0.0610. The fraction of sp³-hybridized carbons (Fsp3) is 0.438. The Morgan fingerprint density at radius 1 is 1.29 bits per heavy atom. The van der Waals surface area contributed by atoms with Gasteiger partial charge in [-0.2, -0.15) is 0 Å². The molecule has 1 aliphatic rings. The number of piperidine rings is 1. The Kier molecular flexibility index (Phi) is 4.01. The lowest BCUT2D eigenvalue weighted by Crippen LogP contribution is -2.38. The van der Waals surface area contributed by atoms with Crippen LogP contribution >= 0.6 is 11.3 Å². The van der Waals surface area contributed by atoms with E-state index in [0.29, 0.717) is 5.56 Å². The average molecular weight is 301 g/mol. The van der Waals surface area contributed by atoms with Crippen molar-refractivity contribution in [1.82, 2.24) is 14.9 Å². The number of likely N-dealkylation sites (tertiary alicyclic amines) is 1. The van der Waals surface area contributed by atoms with Crippen LogP contribution in [0.1, 0.15) is 52.1 Å². The van der Waals surface area contributed by atoms with E-state index in [1.165, 1.54) is 0 Å². The minimum atomic E-state index is 0.0695. The molecule has 1 fully saturated rings. The fourth-order valence-electron chi connectivity index (χ4n) is 2.72. The highest BCUT2D eigenvalue weighted by atomic mass is 32.1. The van der Waals surface area contributed by atoms with Crippen LogP contribution in [-0.2, 0) is 0 Å². The molecule has 0 spiro atoms. The van der Waals surface area contributed by atoms with Crippen LogP contribution in [-0.4, -0.2) is 27.3 Å². The van der Waals surface area contributed by atoms with Crippen LogP contribution in [0.25, 0.3) is 0 Å². The van der Waals surface area contributed by atoms with Crippen LogP contribution in [0.3, 0.4) is 0 Å². The lowest BCUT2D eigenvalue weighted by Gasteiger charge is -2.34. The molecule has 110 valence electrons. The number of aryl methyl sites for hydroxylation is 2. The minimum Gasteiger partial charge on any atom is -0.329 e. The Morgan fingerprint density at radius 3 is 2.81 bits per heavy atom. The molecule has 3 heterocycles. The Hall–Kier alpha value is -1.75. The first-order chi connectivity index (χ1) is 10.1. The van der Waals surface area contributed by atoms with Crippen molar-refractivity contribution >= 4 is 17.2 Å². The van der Waals surface area contributed by atoms with Gasteiger partial charge in [0.2, 0.25) is 0 Å². The molecule has 2 aromatic heterocycles. The third-order valence-electron chi connectivity index (χ3n) is 3.84. The number of amides is 1. The topological polar surface area (TPSA) is 46.1 Å². The molecule has 4 nitrogen and oxygen atoms in total. The van der Waals surface area contributed by atoms with Gasteiger partial charge in [-0.1, -0.05) is 0 Å². The number of carbonyl (C=O) groups excluding carboxylic acids is 1. The number of pyridine rings is 1. The Labute approximate surface area is 128 Å². The second kappa shape index (κ2) is 5.93. The molecule has 0 bridgehead atoms. The molecule has 2 aromatic rings. The number of nitrogens with zero attached hydrogens (tertiary/aromatic N) is 3. The second-order valence-electron chi connectivity index (χ2n) is 5.53. The first kappa shape index (κ1) is 14.2. The van der Waals surface area contributed by atoms with E-state index in [1.807, 2.05) is 30.9 Å². The summed E-state index contributed by atoms with van der Waals surface area (Å²) in [6.45, 7) is 4.73. The second-order valence-corrected chi connectivity index (χ2v) is 6.42. The molecular formula is C16H19N3OS. The highest BCUT2D eigenvalue weighted by molar-refractivity contribution is 7.09. The van der Waals surface area contributed by atoms with Gasteiger partial charge < -0.3 is 4.90 Å². The Morgan fingerprint density at radius 2 is 2.14 bits per heavy atom. The summed E-state index contributed by atoms with van der Waals surface area (Å²) in [5, 5.41) is 3.11. The predicted octanol–water partition coefficient (Wildman–Crippen LogP) is 3.52. The van der Waals surface area contributed by atoms with E-state index in [1.54, 1.807) is 17.5 Å². The maximum atomic E-state index is 12.8. The van der Waals surface area contributed by atoms with Crippen molar-refractivity contribution in [3.05, 3.63) is 45.7 Å². The highest BCUT2D eigenvalue weighted by Gasteiger charge is 2.30. The van der Waals surface area contributed by atoms with E-state index in [4.69, 9.17) is 0 Å². The molecule has 1 aliphatic heterocycles. The molecule has 0 saturated carbocycles. The molecule has 1 saturated heterocycles. The normalized spacial score (nSPS) is 18.8. The summed E-state index contributed by atoms with van der Waals surface area (Å²) < 4.78 is 0. The molecule has 0 unspecified atom stereocenters. The maximum absolute atomic E-state index is 12.8. The number of rotatable bonds is 2. The van der Waals surface area contributed by atoms with Gasteiger partial charge >= 0.3 is 0 Å². The van der Waals surface area contributed by atoms with Crippen molar-refractivity contribution in [2.75, 3.05) is 6.54 Å². The van der Waals surface area contributed by atoms with Gasteiger partial charge in [0.15, 0.2) is 0 Å². The molecule has 0 aromatic carbocycles. The smallest absolute Gasteiger partial charge is 0.256 e. The van der Waals surface area contributed by atoms with Gasteiger partial charge in [-0.3, -0.25) is 9.78 Å². The zero-order valence-electron chi connectivity index (χ0n) is 12.4. The van der Waals surface area contributed by atoms with Gasteiger partial charge in [-0.05, 0) is 45.2 Å². The van der Waals surface area contributed by atoms with E-state index in [0.717, 1.165) is 42.2 Å². The van der Waals surface area contributed by atoms with Crippen LogP contribution in [0.2, 0.25) is 0 Å². The largest absolute Gasteiger partial charge is 0.329 e. The molecule has 0 N–H and O–H groups in total. The third kappa shape index (κ3) is 2.97. The van der Waals surface area contributed by atoms with Crippen LogP contribution < -0.4 is 0 Å². The maximum Gasteiger partial charge on any atom is 0.256 e. The first-order valence-electron chi connectivity index (χ1n) is 7.31. The number of thiazole rings is 1. The summed E-state index contributed by atoms with van der Waals surface area (Å²) in [4.78, 5) is 23.6. The van der Waals surface area contributed by atoms with Crippen LogP contribution in [0, 0.1) is 13.8 Å². The minimum absolute atomic E-state index is 0.0695. The SMILES string of the molecule is Cc1ccc(C(=O)N2CCCC[C@@H]2c2nc(C)cs2)cn1. The van der Waals surface area contributed by atoms with Crippen LogP contribution in [0.4, 0.5) is 0 Å². The Balaban J connectivity index is 1.87. The average Bonchev–Trinajstić information content (AvgIpc) is 2.94. The molecule has 0 radical (unpaired) electrons. The van der Waals surface area contributed by atoms with Gasteiger partial charge in [0.25, 0.3) is 5.91 Å². The van der Waals surface area contributed by atoms with E-state index in [-0.39, 0.29) is 11.9 Å². The van der Waals surface area contributed by atoms with Gasteiger partial charge in [0.05, 0.1) is 11.6 Å². The van der Waals surface area contributed by atoms with E-state index in [9.17, 15) is 4.79 Å². The molecule has 1 amide bonds. The standard InChI is InChI=1S/C16H19N3OS/c1-11-6-7-13(9-17-11)16(20)19-8-4-3-5-14(19)15-18-12(2)10-21-15/h6-7,9-10,14H,3-5,8H2,1-2H3/t14-/m1/s1. The van der Waals surface area contributed by atoms with Gasteiger partial charge in [-0.15, -0.1) is 11.3 Å². The van der Waals surface area contributed by atoms with Crippen molar-refractivity contribution in [2.45, 2.75) is 39.2 Å². The van der Waals surface area contributed by atoms with Crippen LogP contribution in [0.5, 0.6) is 0 Å². The van der Waals surface area contributed by atoms with E-state index < -0.39 is 0 Å². The summed E-state index contributed by atoms with van der Waals surface area (Å²) in [5.41, 5.74) is 2.63. The van der Waals surface area contributed by atoms with Crippen molar-refractivity contribution in [2.24, 2.45) is 0 Å². The van der Waals surface area contributed by atoms with E-state index in [2.05, 4.69) is 15.3 Å². The number of carbonyl (C=O) groups is 1. The highest BCUT2D eigenvalue weighted by Crippen LogP contribution is 2.33. The van der Waals surface area contributed by atoms with Crippen molar-refractivity contribution < 1.29 is 4.79 Å². The van der Waals surface area contributed by atoms with Gasteiger partial charge in [0, 0.05) is 29.5 Å².